The third-order valence-corrected chi connectivity index (χ3v) is 4.38. The topological polar surface area (TPSA) is 86.7 Å². The highest BCUT2D eigenvalue weighted by molar-refractivity contribution is 5.70. The fourth-order valence-corrected chi connectivity index (χ4v) is 2.27. The van der Waals surface area contributed by atoms with Gasteiger partial charge in [-0.3, -0.25) is 9.59 Å². The van der Waals surface area contributed by atoms with Gasteiger partial charge in [-0.2, -0.15) is 0 Å². The van der Waals surface area contributed by atoms with Crippen LogP contribution in [0.15, 0.2) is 0 Å². The summed E-state index contributed by atoms with van der Waals surface area (Å²) in [5, 5.41) is 0. The molecule has 0 spiro atoms. The molecule has 0 aliphatic rings. The van der Waals surface area contributed by atoms with Gasteiger partial charge in [0.2, 0.25) is 0 Å². The van der Waals surface area contributed by atoms with Crippen LogP contribution in [0, 0.1) is 10.8 Å². The van der Waals surface area contributed by atoms with E-state index in [-0.39, 0.29) is 25.2 Å². The van der Waals surface area contributed by atoms with Gasteiger partial charge >= 0.3 is 11.9 Å². The number of esters is 2. The van der Waals surface area contributed by atoms with Crippen LogP contribution in [0.5, 0.6) is 0 Å². The molecule has 0 aromatic rings. The van der Waals surface area contributed by atoms with Crippen molar-refractivity contribution in [3.63, 3.8) is 0 Å². The summed E-state index contributed by atoms with van der Waals surface area (Å²) in [4.78, 5) is 42.7. The normalized spacial score (nSPS) is 11.1. The maximum atomic E-state index is 11.5. The van der Waals surface area contributed by atoms with Gasteiger partial charge in [-0.1, -0.05) is 58.3 Å². The number of carbonyl (C=O) groups is 4. The van der Waals surface area contributed by atoms with Gasteiger partial charge in [0.15, 0.2) is 0 Å². The second kappa shape index (κ2) is 18.1. The van der Waals surface area contributed by atoms with Crippen molar-refractivity contribution in [3.05, 3.63) is 0 Å². The molecule has 0 aliphatic heterocycles. The zero-order valence-corrected chi connectivity index (χ0v) is 20.1. The summed E-state index contributed by atoms with van der Waals surface area (Å²) in [6.45, 7) is 10.9. The third kappa shape index (κ3) is 22.6. The lowest BCUT2D eigenvalue weighted by molar-refractivity contribution is -0.148. The maximum Gasteiger partial charge on any atom is 0.305 e. The average molecular weight is 429 g/mol. The largest absolute Gasteiger partial charge is 0.465 e. The Hall–Kier alpha value is -1.72. The van der Waals surface area contributed by atoms with E-state index in [1.54, 1.807) is 27.7 Å². The van der Waals surface area contributed by atoms with Crippen LogP contribution in [0.25, 0.3) is 0 Å². The Morgan fingerprint density at radius 1 is 0.700 bits per heavy atom. The summed E-state index contributed by atoms with van der Waals surface area (Å²) in [7, 11) is 0. The first-order valence-corrected chi connectivity index (χ1v) is 11.2. The van der Waals surface area contributed by atoms with E-state index in [0.717, 1.165) is 25.4 Å². The number of hydrogen-bond donors (Lipinski definition) is 0. The van der Waals surface area contributed by atoms with Crippen LogP contribution in [0.2, 0.25) is 0 Å². The van der Waals surface area contributed by atoms with Gasteiger partial charge in [-0.25, -0.2) is 0 Å². The number of unbranched alkanes of at least 4 members (excludes halogenated alkanes) is 8. The summed E-state index contributed by atoms with van der Waals surface area (Å²) in [6, 6.07) is 0. The van der Waals surface area contributed by atoms with E-state index in [1.807, 2.05) is 0 Å². The highest BCUT2D eigenvalue weighted by Crippen LogP contribution is 2.13. The number of carbonyl (C=O) groups excluding carboxylic acids is 4. The molecule has 176 valence electrons. The second-order valence-electron chi connectivity index (χ2n) is 9.23. The highest BCUT2D eigenvalue weighted by atomic mass is 16.5. The van der Waals surface area contributed by atoms with Crippen LogP contribution in [-0.4, -0.2) is 37.7 Å². The van der Waals surface area contributed by atoms with Crippen molar-refractivity contribution < 1.29 is 28.7 Å². The summed E-state index contributed by atoms with van der Waals surface area (Å²) in [5.74, 6) is -0.530. The van der Waals surface area contributed by atoms with Crippen LogP contribution in [0.3, 0.4) is 0 Å². The Morgan fingerprint density at radius 3 is 1.50 bits per heavy atom. The molecule has 0 rings (SSSR count). The standard InChI is InChI=1S/C17H32O3.C7H12O3/c1-4-5-6-7-8-9-10-11-12-13-16(19)20-15-17(2,3)14-18;1-6(9)10-5-7(2,3)4-8/h14H,4-13,15H2,1-3H3;4H,5H2,1-3H3. The van der Waals surface area contributed by atoms with E-state index in [0.29, 0.717) is 6.42 Å². The monoisotopic (exact) mass is 428 g/mol. The minimum atomic E-state index is -0.561. The predicted octanol–water partition coefficient (Wildman–Crippen LogP) is 5.45. The van der Waals surface area contributed by atoms with Crippen molar-refractivity contribution in [3.8, 4) is 0 Å². The molecule has 0 saturated carbocycles. The molecule has 0 radical (unpaired) electrons. The molecule has 30 heavy (non-hydrogen) atoms. The number of hydrogen-bond acceptors (Lipinski definition) is 6. The Morgan fingerprint density at radius 2 is 1.10 bits per heavy atom. The number of rotatable bonds is 16. The molecule has 0 fully saturated rings. The predicted molar refractivity (Wildman–Crippen MR) is 119 cm³/mol. The molecule has 0 amide bonds. The van der Waals surface area contributed by atoms with Crippen LogP contribution in [-0.2, 0) is 28.7 Å². The van der Waals surface area contributed by atoms with Gasteiger partial charge in [-0.05, 0) is 34.1 Å². The molecule has 6 nitrogen and oxygen atoms in total. The van der Waals surface area contributed by atoms with Gasteiger partial charge < -0.3 is 19.1 Å². The molecule has 0 aromatic carbocycles. The second-order valence-corrected chi connectivity index (χ2v) is 9.23. The van der Waals surface area contributed by atoms with E-state index in [1.165, 1.54) is 51.9 Å². The summed E-state index contributed by atoms with van der Waals surface area (Å²) >= 11 is 0. The molecule has 0 unspecified atom stereocenters. The Balaban J connectivity index is 0. The minimum Gasteiger partial charge on any atom is -0.465 e. The Bertz CT molecular complexity index is 482. The fourth-order valence-electron chi connectivity index (χ4n) is 2.27. The first-order valence-electron chi connectivity index (χ1n) is 11.2. The summed E-state index contributed by atoms with van der Waals surface area (Å²) in [6.07, 6.45) is 13.2. The van der Waals surface area contributed by atoms with Gasteiger partial charge in [0.25, 0.3) is 0 Å². The van der Waals surface area contributed by atoms with E-state index in [2.05, 4.69) is 11.7 Å². The van der Waals surface area contributed by atoms with Crippen molar-refractivity contribution in [2.75, 3.05) is 13.2 Å². The van der Waals surface area contributed by atoms with Gasteiger partial charge in [-0.15, -0.1) is 0 Å². The third-order valence-electron chi connectivity index (χ3n) is 4.38. The first kappa shape index (κ1) is 30.5. The molecule has 0 bridgehead atoms. The molecule has 0 atom stereocenters. The summed E-state index contributed by atoms with van der Waals surface area (Å²) in [5.41, 5.74) is -1.11. The first-order chi connectivity index (χ1) is 14.0. The molecule has 0 aromatic heterocycles. The van der Waals surface area contributed by atoms with Crippen molar-refractivity contribution in [2.45, 2.75) is 106 Å². The fraction of sp³-hybridized carbons (Fsp3) is 0.833. The van der Waals surface area contributed by atoms with Crippen molar-refractivity contribution >= 4 is 24.5 Å². The van der Waals surface area contributed by atoms with E-state index >= 15 is 0 Å². The van der Waals surface area contributed by atoms with Crippen LogP contribution in [0.1, 0.15) is 106 Å². The molecular weight excluding hydrogens is 384 g/mol. The van der Waals surface area contributed by atoms with Crippen LogP contribution >= 0.6 is 0 Å². The molecule has 0 N–H and O–H groups in total. The van der Waals surface area contributed by atoms with E-state index in [4.69, 9.17) is 4.74 Å². The quantitative estimate of drug-likeness (QED) is 0.184. The highest BCUT2D eigenvalue weighted by Gasteiger charge is 2.19. The Kier molecular flexibility index (Phi) is 18.4. The lowest BCUT2D eigenvalue weighted by atomic mass is 9.98. The molecular formula is C24H44O6. The van der Waals surface area contributed by atoms with Gasteiger partial charge in [0.05, 0.1) is 10.8 Å². The smallest absolute Gasteiger partial charge is 0.305 e. The van der Waals surface area contributed by atoms with Gasteiger partial charge in [0, 0.05) is 13.3 Å². The molecule has 0 aliphatic carbocycles. The van der Waals surface area contributed by atoms with Crippen molar-refractivity contribution in [2.24, 2.45) is 10.8 Å². The SMILES string of the molecule is CC(=O)OCC(C)(C)C=O.CCCCCCCCCCCC(=O)OCC(C)(C)C=O. The number of aldehydes is 2. The lowest BCUT2D eigenvalue weighted by Gasteiger charge is -2.16. The average Bonchev–Trinajstić information content (AvgIpc) is 2.70. The maximum absolute atomic E-state index is 11.5. The number of ether oxygens (including phenoxy) is 2. The minimum absolute atomic E-state index is 0.159. The molecule has 0 saturated heterocycles. The van der Waals surface area contributed by atoms with E-state index < -0.39 is 10.8 Å². The van der Waals surface area contributed by atoms with Crippen LogP contribution in [0.4, 0.5) is 0 Å². The van der Waals surface area contributed by atoms with Crippen molar-refractivity contribution in [1.82, 2.24) is 0 Å². The van der Waals surface area contributed by atoms with Crippen molar-refractivity contribution in [1.29, 1.82) is 0 Å². The lowest BCUT2D eigenvalue weighted by Crippen LogP contribution is -2.23. The summed E-state index contributed by atoms with van der Waals surface area (Å²) < 4.78 is 9.73. The molecule has 0 heterocycles. The zero-order chi connectivity index (χ0) is 23.5. The van der Waals surface area contributed by atoms with Crippen LogP contribution < -0.4 is 0 Å². The van der Waals surface area contributed by atoms with E-state index in [9.17, 15) is 19.2 Å². The molecule has 6 heteroatoms. The van der Waals surface area contributed by atoms with Gasteiger partial charge in [0.1, 0.15) is 25.8 Å². The Labute approximate surface area is 183 Å². The zero-order valence-electron chi connectivity index (χ0n) is 20.1.